The normalized spacial score (nSPS) is 10.9. The van der Waals surface area contributed by atoms with Crippen LogP contribution in [0.4, 0.5) is 0 Å². The average molecular weight is 285 g/mol. The van der Waals surface area contributed by atoms with Gasteiger partial charge in [-0.25, -0.2) is 0 Å². The van der Waals surface area contributed by atoms with Gasteiger partial charge in [-0.3, -0.25) is 9.59 Å². The number of carboxylic acid groups (broad SMARTS) is 1. The highest BCUT2D eigenvalue weighted by molar-refractivity contribution is 5.70. The molecule has 0 spiro atoms. The van der Waals surface area contributed by atoms with Gasteiger partial charge in [0.25, 0.3) is 5.56 Å². The Morgan fingerprint density at radius 1 is 1.14 bits per heavy atom. The van der Waals surface area contributed by atoms with Gasteiger partial charge in [-0.15, -0.1) is 0 Å². The Morgan fingerprint density at radius 3 is 2.29 bits per heavy atom. The van der Waals surface area contributed by atoms with Gasteiger partial charge >= 0.3 is 5.97 Å². The van der Waals surface area contributed by atoms with Crippen molar-refractivity contribution < 1.29 is 9.90 Å². The van der Waals surface area contributed by atoms with Crippen molar-refractivity contribution in [3.63, 3.8) is 0 Å². The fourth-order valence-corrected chi connectivity index (χ4v) is 2.31. The molecule has 0 bridgehead atoms. The highest BCUT2D eigenvalue weighted by Crippen LogP contribution is 2.21. The second-order valence-corrected chi connectivity index (χ2v) is 5.46. The van der Waals surface area contributed by atoms with Crippen LogP contribution in [0.3, 0.4) is 0 Å². The molecule has 0 saturated heterocycles. The number of aliphatic carboxylic acids is 1. The van der Waals surface area contributed by atoms with Crippen molar-refractivity contribution in [2.45, 2.75) is 26.2 Å². The fraction of sp³-hybridized carbons (Fsp3) is 0.294. The Balaban J connectivity index is 2.43. The molecule has 0 radical (unpaired) electrons. The highest BCUT2D eigenvalue weighted by Gasteiger charge is 2.10. The summed E-state index contributed by atoms with van der Waals surface area (Å²) < 4.78 is 1.50. The maximum absolute atomic E-state index is 12.2. The second-order valence-electron chi connectivity index (χ2n) is 5.46. The number of aromatic nitrogens is 1. The molecule has 0 saturated carbocycles. The Labute approximate surface area is 123 Å². The summed E-state index contributed by atoms with van der Waals surface area (Å²) in [6.07, 6.45) is -0.251. The molecule has 0 amide bonds. The number of hydrogen-bond donors (Lipinski definition) is 1. The highest BCUT2D eigenvalue weighted by atomic mass is 16.4. The molecule has 1 aromatic carbocycles. The molecule has 1 aromatic heterocycles. The van der Waals surface area contributed by atoms with Gasteiger partial charge in [0.1, 0.15) is 0 Å². The molecular formula is C17H19NO3. The number of pyridine rings is 1. The zero-order valence-electron chi connectivity index (χ0n) is 12.5. The monoisotopic (exact) mass is 285 g/mol. The summed E-state index contributed by atoms with van der Waals surface area (Å²) >= 11 is 0. The van der Waals surface area contributed by atoms with E-state index in [1.807, 2.05) is 12.1 Å². The summed E-state index contributed by atoms with van der Waals surface area (Å²) in [5.74, 6) is -0.540. The first-order valence-corrected chi connectivity index (χ1v) is 6.91. The fourth-order valence-electron chi connectivity index (χ4n) is 2.31. The van der Waals surface area contributed by atoms with Crippen LogP contribution in [0.15, 0.2) is 41.2 Å². The maximum Gasteiger partial charge on any atom is 0.308 e. The third-order valence-corrected chi connectivity index (χ3v) is 3.60. The van der Waals surface area contributed by atoms with Crippen molar-refractivity contribution in [3.8, 4) is 11.3 Å². The topological polar surface area (TPSA) is 59.3 Å². The van der Waals surface area contributed by atoms with Crippen molar-refractivity contribution in [2.75, 3.05) is 0 Å². The van der Waals surface area contributed by atoms with E-state index in [0.29, 0.717) is 11.5 Å². The van der Waals surface area contributed by atoms with Crippen LogP contribution < -0.4 is 5.56 Å². The summed E-state index contributed by atoms with van der Waals surface area (Å²) in [6, 6.07) is 11.5. The van der Waals surface area contributed by atoms with E-state index in [-0.39, 0.29) is 12.0 Å². The van der Waals surface area contributed by atoms with Crippen LogP contribution in [0, 0.1) is 0 Å². The zero-order valence-corrected chi connectivity index (χ0v) is 12.5. The van der Waals surface area contributed by atoms with E-state index >= 15 is 0 Å². The van der Waals surface area contributed by atoms with Crippen molar-refractivity contribution in [3.05, 3.63) is 57.9 Å². The minimum atomic E-state index is -0.999. The average Bonchev–Trinajstić information content (AvgIpc) is 2.44. The van der Waals surface area contributed by atoms with Gasteiger partial charge in [-0.2, -0.15) is 0 Å². The van der Waals surface area contributed by atoms with E-state index in [2.05, 4.69) is 26.0 Å². The number of benzene rings is 1. The third-order valence-electron chi connectivity index (χ3n) is 3.60. The minimum absolute atomic E-state index is 0.251. The van der Waals surface area contributed by atoms with E-state index < -0.39 is 5.97 Å². The molecule has 4 heteroatoms. The molecule has 0 aliphatic carbocycles. The molecule has 1 heterocycles. The van der Waals surface area contributed by atoms with Gasteiger partial charge in [0.15, 0.2) is 0 Å². The van der Waals surface area contributed by atoms with Gasteiger partial charge in [-0.05, 0) is 23.1 Å². The lowest BCUT2D eigenvalue weighted by molar-refractivity contribution is -0.136. The van der Waals surface area contributed by atoms with Crippen LogP contribution in [0.2, 0.25) is 0 Å². The summed E-state index contributed by atoms with van der Waals surface area (Å²) in [6.45, 7) is 4.26. The van der Waals surface area contributed by atoms with Crippen LogP contribution in [0.1, 0.15) is 30.9 Å². The Kier molecular flexibility index (Phi) is 4.26. The van der Waals surface area contributed by atoms with Gasteiger partial charge in [-0.1, -0.05) is 44.2 Å². The number of rotatable bonds is 4. The number of carbonyl (C=O) groups is 1. The van der Waals surface area contributed by atoms with Gasteiger partial charge in [0.05, 0.1) is 12.1 Å². The molecule has 2 aromatic rings. The summed E-state index contributed by atoms with van der Waals surface area (Å²) in [7, 11) is 1.67. The Bertz CT molecular complexity index is 712. The molecule has 2 rings (SSSR count). The third kappa shape index (κ3) is 3.21. The lowest BCUT2D eigenvalue weighted by atomic mass is 10.0. The molecule has 0 aliphatic rings. The zero-order chi connectivity index (χ0) is 15.6. The molecule has 0 atom stereocenters. The van der Waals surface area contributed by atoms with Crippen LogP contribution >= 0.6 is 0 Å². The van der Waals surface area contributed by atoms with Crippen molar-refractivity contribution >= 4 is 5.97 Å². The van der Waals surface area contributed by atoms with Gasteiger partial charge in [0.2, 0.25) is 0 Å². The van der Waals surface area contributed by atoms with Crippen LogP contribution in [-0.4, -0.2) is 15.6 Å². The molecule has 0 fully saturated rings. The first kappa shape index (κ1) is 15.0. The van der Waals surface area contributed by atoms with E-state index in [1.165, 1.54) is 10.1 Å². The summed E-state index contributed by atoms with van der Waals surface area (Å²) in [4.78, 5) is 22.9. The molecule has 110 valence electrons. The van der Waals surface area contributed by atoms with Crippen molar-refractivity contribution in [1.82, 2.24) is 4.57 Å². The predicted octanol–water partition coefficient (Wildman–Crippen LogP) is 2.80. The van der Waals surface area contributed by atoms with E-state index in [1.54, 1.807) is 19.2 Å². The quantitative estimate of drug-likeness (QED) is 0.939. The van der Waals surface area contributed by atoms with Gasteiger partial charge < -0.3 is 9.67 Å². The van der Waals surface area contributed by atoms with Crippen molar-refractivity contribution in [1.29, 1.82) is 0 Å². The van der Waals surface area contributed by atoms with Gasteiger partial charge in [0, 0.05) is 12.6 Å². The van der Waals surface area contributed by atoms with E-state index in [0.717, 1.165) is 11.3 Å². The Morgan fingerprint density at radius 2 is 1.76 bits per heavy atom. The smallest absolute Gasteiger partial charge is 0.308 e. The summed E-state index contributed by atoms with van der Waals surface area (Å²) in [5, 5.41) is 8.80. The second kappa shape index (κ2) is 5.95. The number of carboxylic acids is 1. The first-order valence-electron chi connectivity index (χ1n) is 6.91. The maximum atomic E-state index is 12.2. The SMILES string of the molecule is CC(C)c1ccc(-c2ccc(CC(=O)O)c(=O)n2C)cc1. The summed E-state index contributed by atoms with van der Waals surface area (Å²) in [5.41, 5.74) is 3.01. The number of nitrogens with zero attached hydrogens (tertiary/aromatic N) is 1. The molecular weight excluding hydrogens is 266 g/mol. The minimum Gasteiger partial charge on any atom is -0.481 e. The molecule has 1 N–H and O–H groups in total. The molecule has 0 aliphatic heterocycles. The number of hydrogen-bond acceptors (Lipinski definition) is 2. The molecule has 0 unspecified atom stereocenters. The lowest BCUT2D eigenvalue weighted by Gasteiger charge is -2.11. The standard InChI is InChI=1S/C17H19NO3/c1-11(2)12-4-6-13(7-5-12)15-9-8-14(10-16(19)20)17(21)18(15)3/h4-9,11H,10H2,1-3H3,(H,19,20). The molecule has 21 heavy (non-hydrogen) atoms. The van der Waals surface area contributed by atoms with Crippen molar-refractivity contribution in [2.24, 2.45) is 7.05 Å². The molecule has 4 nitrogen and oxygen atoms in total. The van der Waals surface area contributed by atoms with Crippen LogP contribution in [-0.2, 0) is 18.3 Å². The predicted molar refractivity (Wildman–Crippen MR) is 82.5 cm³/mol. The lowest BCUT2D eigenvalue weighted by Crippen LogP contribution is -2.23. The van der Waals surface area contributed by atoms with Crippen LogP contribution in [0.5, 0.6) is 0 Å². The largest absolute Gasteiger partial charge is 0.481 e. The van der Waals surface area contributed by atoms with E-state index in [4.69, 9.17) is 5.11 Å². The first-order chi connectivity index (χ1) is 9.90. The Hall–Kier alpha value is -2.36. The van der Waals surface area contributed by atoms with E-state index in [9.17, 15) is 9.59 Å². The van der Waals surface area contributed by atoms with Crippen LogP contribution in [0.25, 0.3) is 11.3 Å².